The molecule has 30 heavy (non-hydrogen) atoms. The van der Waals surface area contributed by atoms with Gasteiger partial charge in [0.2, 0.25) is 0 Å². The Labute approximate surface area is 207 Å². The molecule has 0 heterocycles. The molecule has 0 nitrogen and oxygen atoms in total. The summed E-state index contributed by atoms with van der Waals surface area (Å²) >= 11 is 31.9. The van der Waals surface area contributed by atoms with Crippen molar-refractivity contribution < 1.29 is 14.1 Å². The van der Waals surface area contributed by atoms with E-state index in [0.29, 0.717) is 0 Å². The molecule has 0 spiro atoms. The van der Waals surface area contributed by atoms with Crippen LogP contribution in [-0.2, 0) is 0 Å². The first kappa shape index (κ1) is 33.6. The molecule has 0 aliphatic heterocycles. The van der Waals surface area contributed by atoms with Crippen molar-refractivity contribution >= 4 is 72.7 Å². The van der Waals surface area contributed by atoms with Crippen molar-refractivity contribution in [2.45, 2.75) is 35.5 Å². The lowest BCUT2D eigenvalue weighted by atomic mass is 10.2. The summed E-state index contributed by atoms with van der Waals surface area (Å²) in [5, 5.41) is 2.34. The van der Waals surface area contributed by atoms with Gasteiger partial charge < -0.3 is 0 Å². The molecule has 3 aromatic rings. The molecule has 0 aliphatic rings. The van der Waals surface area contributed by atoms with Crippen molar-refractivity contribution in [3.63, 3.8) is 0 Å². The highest BCUT2D eigenvalue weighted by Crippen LogP contribution is 2.19. The molecule has 0 N–H and O–H groups in total. The third-order valence-electron chi connectivity index (χ3n) is 3.39. The zero-order valence-electron chi connectivity index (χ0n) is 16.3. The van der Waals surface area contributed by atoms with Gasteiger partial charge in [-0.05, 0) is 92.1 Å². The van der Waals surface area contributed by atoms with Crippen LogP contribution in [0.5, 0.6) is 0 Å². The van der Waals surface area contributed by atoms with E-state index < -0.39 is 0 Å². The smallest absolute Gasteiger partial charge is 0.0436 e. The SMILES string of the molecule is Cc1cc([S])ccc1Cl.Cc1cc([S])ccc1Cl.Cc1cc([S])ccc1Cl.F.F.F. The van der Waals surface area contributed by atoms with Gasteiger partial charge >= 0.3 is 0 Å². The van der Waals surface area contributed by atoms with Crippen LogP contribution < -0.4 is 0 Å². The Morgan fingerprint density at radius 3 is 0.800 bits per heavy atom. The molecule has 0 aromatic heterocycles. The molecule has 0 unspecified atom stereocenters. The second-order valence-electron chi connectivity index (χ2n) is 5.73. The van der Waals surface area contributed by atoms with E-state index in [1.807, 2.05) is 75.4 Å². The van der Waals surface area contributed by atoms with Gasteiger partial charge in [-0.2, -0.15) is 0 Å². The first-order chi connectivity index (χ1) is 12.6. The topological polar surface area (TPSA) is 0 Å². The highest BCUT2D eigenvalue weighted by atomic mass is 35.5. The largest absolute Gasteiger partial charge is 0.269 e. The van der Waals surface area contributed by atoms with E-state index in [1.54, 1.807) is 0 Å². The number of rotatable bonds is 0. The second kappa shape index (κ2) is 16.6. The lowest BCUT2D eigenvalue weighted by Crippen LogP contribution is -1.72. The summed E-state index contributed by atoms with van der Waals surface area (Å²) in [5.41, 5.74) is 3.14. The van der Waals surface area contributed by atoms with Crippen molar-refractivity contribution in [1.29, 1.82) is 0 Å². The van der Waals surface area contributed by atoms with Gasteiger partial charge in [-0.3, -0.25) is 14.1 Å². The Balaban J connectivity index is -0.000000347. The molecule has 0 amide bonds. The molecule has 0 fully saturated rings. The summed E-state index contributed by atoms with van der Waals surface area (Å²) in [7, 11) is 0. The van der Waals surface area contributed by atoms with Gasteiger partial charge in [0.1, 0.15) is 0 Å². The van der Waals surface area contributed by atoms with Crippen LogP contribution in [0.15, 0.2) is 69.3 Å². The normalized spacial score (nSPS) is 8.60. The Kier molecular flexibility index (Phi) is 18.7. The van der Waals surface area contributed by atoms with Crippen LogP contribution in [0, 0.1) is 20.8 Å². The van der Waals surface area contributed by atoms with E-state index in [-0.39, 0.29) is 14.1 Å². The highest BCUT2D eigenvalue weighted by molar-refractivity contribution is 7.80. The fourth-order valence-electron chi connectivity index (χ4n) is 1.85. The van der Waals surface area contributed by atoms with Crippen LogP contribution in [0.1, 0.15) is 16.7 Å². The summed E-state index contributed by atoms with van der Waals surface area (Å²) in [5.74, 6) is 0. The predicted octanol–water partition coefficient (Wildman–Crippen LogP) is 10.1. The maximum Gasteiger partial charge on any atom is 0.0436 e. The van der Waals surface area contributed by atoms with Crippen molar-refractivity contribution in [2.24, 2.45) is 0 Å². The van der Waals surface area contributed by atoms with Crippen LogP contribution in [0.3, 0.4) is 0 Å². The van der Waals surface area contributed by atoms with Gasteiger partial charge in [0.25, 0.3) is 0 Å². The zero-order valence-corrected chi connectivity index (χ0v) is 21.0. The van der Waals surface area contributed by atoms with E-state index in [4.69, 9.17) is 72.7 Å². The summed E-state index contributed by atoms with van der Waals surface area (Å²) in [6.07, 6.45) is 0. The maximum atomic E-state index is 5.73. The summed E-state index contributed by atoms with van der Waals surface area (Å²) in [6.45, 7) is 5.83. The number of aryl methyl sites for hydroxylation is 3. The molecule has 0 saturated carbocycles. The van der Waals surface area contributed by atoms with Gasteiger partial charge in [0.15, 0.2) is 0 Å². The van der Waals surface area contributed by atoms with E-state index >= 15 is 0 Å². The van der Waals surface area contributed by atoms with Crippen molar-refractivity contribution in [3.8, 4) is 0 Å². The number of benzene rings is 3. The van der Waals surface area contributed by atoms with E-state index in [0.717, 1.165) is 46.4 Å². The molecule has 9 heteroatoms. The summed E-state index contributed by atoms with van der Waals surface area (Å²) in [4.78, 5) is 2.53. The third kappa shape index (κ3) is 12.6. The van der Waals surface area contributed by atoms with Crippen LogP contribution in [0.25, 0.3) is 0 Å². The van der Waals surface area contributed by atoms with Gasteiger partial charge in [-0.25, -0.2) is 0 Å². The van der Waals surface area contributed by atoms with Crippen LogP contribution in [0.2, 0.25) is 15.1 Å². The van der Waals surface area contributed by atoms with Crippen molar-refractivity contribution in [2.75, 3.05) is 0 Å². The number of hydrogen-bond acceptors (Lipinski definition) is 0. The van der Waals surface area contributed by atoms with Crippen LogP contribution >= 0.6 is 72.7 Å². The van der Waals surface area contributed by atoms with E-state index in [9.17, 15) is 0 Å². The molecule has 0 atom stereocenters. The molecular formula is C21H21Cl3F3S3. The van der Waals surface area contributed by atoms with E-state index in [2.05, 4.69) is 0 Å². The average Bonchev–Trinajstić information content (AvgIpc) is 2.60. The lowest BCUT2D eigenvalue weighted by molar-refractivity contribution is 1.11. The Bertz CT molecular complexity index is 792. The van der Waals surface area contributed by atoms with Gasteiger partial charge in [-0.15, -0.1) is 0 Å². The molecule has 0 saturated heterocycles. The quantitative estimate of drug-likeness (QED) is 0.270. The first-order valence-electron chi connectivity index (χ1n) is 7.89. The molecule has 165 valence electrons. The minimum atomic E-state index is 0. The molecule has 3 radical (unpaired) electrons. The second-order valence-corrected chi connectivity index (χ2v) is 8.37. The number of halogens is 6. The van der Waals surface area contributed by atoms with Crippen LogP contribution in [0.4, 0.5) is 14.1 Å². The lowest BCUT2D eigenvalue weighted by Gasteiger charge is -1.94. The van der Waals surface area contributed by atoms with Crippen molar-refractivity contribution in [1.82, 2.24) is 0 Å². The minimum Gasteiger partial charge on any atom is -0.269 e. The fraction of sp³-hybridized carbons (Fsp3) is 0.143. The molecule has 3 rings (SSSR count). The monoisotopic (exact) mass is 531 g/mol. The first-order valence-corrected chi connectivity index (χ1v) is 10.3. The number of hydrogen-bond donors (Lipinski definition) is 0. The standard InChI is InChI=1S/3C7H6ClS.3FH/c3*1-5-4-6(9)2-3-7(5)8;;;/h3*2-4H,1H3;3*1H. The van der Waals surface area contributed by atoms with Gasteiger partial charge in [-0.1, -0.05) is 72.7 Å². The summed E-state index contributed by atoms with van der Waals surface area (Å²) in [6, 6.07) is 16.6. The Morgan fingerprint density at radius 2 is 0.667 bits per heavy atom. The highest BCUT2D eigenvalue weighted by Gasteiger charge is 1.94. The minimum absolute atomic E-state index is 0. The zero-order chi connectivity index (χ0) is 20.6. The Hall–Kier alpha value is -1.02. The van der Waals surface area contributed by atoms with Crippen LogP contribution in [-0.4, -0.2) is 0 Å². The molecule has 0 bridgehead atoms. The molecule has 0 aliphatic carbocycles. The third-order valence-corrected chi connectivity index (χ3v) is 5.42. The Morgan fingerprint density at radius 1 is 0.467 bits per heavy atom. The summed E-state index contributed by atoms with van der Waals surface area (Å²) < 4.78 is 0. The van der Waals surface area contributed by atoms with E-state index in [1.165, 1.54) is 0 Å². The maximum absolute atomic E-state index is 5.73. The van der Waals surface area contributed by atoms with Gasteiger partial charge in [0.05, 0.1) is 0 Å². The molecule has 3 aromatic carbocycles. The van der Waals surface area contributed by atoms with Gasteiger partial charge in [0, 0.05) is 29.8 Å². The predicted molar refractivity (Wildman–Crippen MR) is 134 cm³/mol. The molecular weight excluding hydrogens is 512 g/mol. The van der Waals surface area contributed by atoms with Crippen molar-refractivity contribution in [3.05, 3.63) is 86.4 Å². The fourth-order valence-corrected chi connectivity index (χ4v) is 2.94. The average molecular weight is 533 g/mol.